The van der Waals surface area contributed by atoms with Crippen LogP contribution in [-0.2, 0) is 10.8 Å². The predicted octanol–water partition coefficient (Wildman–Crippen LogP) is 5.15. The van der Waals surface area contributed by atoms with Gasteiger partial charge in [-0.3, -0.25) is 0 Å². The van der Waals surface area contributed by atoms with Crippen LogP contribution >= 0.6 is 0 Å². The first-order chi connectivity index (χ1) is 8.65. The van der Waals surface area contributed by atoms with E-state index in [0.29, 0.717) is 0 Å². The van der Waals surface area contributed by atoms with E-state index in [1.807, 2.05) is 6.26 Å². The van der Waals surface area contributed by atoms with Crippen LogP contribution in [0.25, 0.3) is 0 Å². The molecule has 0 fully saturated rings. The summed E-state index contributed by atoms with van der Waals surface area (Å²) < 4.78 is 6.19. The second kappa shape index (κ2) is 7.42. The first kappa shape index (κ1) is 15.0. The maximum atomic E-state index is 6.19. The molecule has 0 radical (unpaired) electrons. The van der Waals surface area contributed by atoms with Gasteiger partial charge in [0.1, 0.15) is 0 Å². The maximum absolute atomic E-state index is 6.19. The van der Waals surface area contributed by atoms with Gasteiger partial charge < -0.3 is 4.43 Å². The Bertz CT molecular complexity index is 358. The SMILES string of the molecule is CC[Si](CC)(CC)O/C=C(/C)Cc1ccccc1. The molecule has 0 amide bonds. The Labute approximate surface area is 113 Å². The number of benzene rings is 1. The van der Waals surface area contributed by atoms with Crippen molar-refractivity contribution in [3.05, 3.63) is 47.7 Å². The second-order valence-electron chi connectivity index (χ2n) is 4.99. The number of allylic oxidation sites excluding steroid dienone is 1. The van der Waals surface area contributed by atoms with Gasteiger partial charge in [0.25, 0.3) is 0 Å². The lowest BCUT2D eigenvalue weighted by atomic mass is 10.1. The van der Waals surface area contributed by atoms with E-state index in [0.717, 1.165) is 6.42 Å². The fourth-order valence-corrected chi connectivity index (χ4v) is 4.64. The van der Waals surface area contributed by atoms with Crippen molar-refractivity contribution in [1.29, 1.82) is 0 Å². The molecular formula is C16H26OSi. The highest BCUT2D eigenvalue weighted by Gasteiger charge is 2.29. The summed E-state index contributed by atoms with van der Waals surface area (Å²) in [7, 11) is -1.47. The third-order valence-corrected chi connectivity index (χ3v) is 8.25. The molecule has 0 bridgehead atoms. The molecule has 0 aliphatic carbocycles. The average Bonchev–Trinajstić information content (AvgIpc) is 2.42. The highest BCUT2D eigenvalue weighted by Crippen LogP contribution is 2.22. The van der Waals surface area contributed by atoms with E-state index in [1.54, 1.807) is 0 Å². The molecule has 0 aliphatic heterocycles. The second-order valence-corrected chi connectivity index (χ2v) is 9.71. The molecule has 0 saturated heterocycles. The van der Waals surface area contributed by atoms with Crippen LogP contribution in [0.3, 0.4) is 0 Å². The molecule has 0 heterocycles. The van der Waals surface area contributed by atoms with E-state index in [4.69, 9.17) is 4.43 Å². The van der Waals surface area contributed by atoms with E-state index in [2.05, 4.69) is 58.0 Å². The third kappa shape index (κ3) is 4.34. The minimum atomic E-state index is -1.47. The topological polar surface area (TPSA) is 9.23 Å². The van der Waals surface area contributed by atoms with Crippen molar-refractivity contribution in [2.24, 2.45) is 0 Å². The van der Waals surface area contributed by atoms with Crippen molar-refractivity contribution in [3.63, 3.8) is 0 Å². The smallest absolute Gasteiger partial charge is 0.249 e. The van der Waals surface area contributed by atoms with Crippen molar-refractivity contribution < 1.29 is 4.43 Å². The normalized spacial score (nSPS) is 12.6. The molecule has 2 heteroatoms. The van der Waals surface area contributed by atoms with Crippen LogP contribution in [0, 0.1) is 0 Å². The molecule has 0 saturated carbocycles. The summed E-state index contributed by atoms with van der Waals surface area (Å²) in [6, 6.07) is 14.2. The molecule has 100 valence electrons. The molecule has 0 aliphatic rings. The Morgan fingerprint density at radius 1 is 1.06 bits per heavy atom. The molecule has 0 atom stereocenters. The molecule has 0 N–H and O–H groups in total. The lowest BCUT2D eigenvalue weighted by Gasteiger charge is -2.27. The van der Waals surface area contributed by atoms with Gasteiger partial charge in [0.15, 0.2) is 0 Å². The zero-order chi connectivity index (χ0) is 13.4. The first-order valence-corrected chi connectivity index (χ1v) is 9.56. The van der Waals surface area contributed by atoms with Crippen LogP contribution < -0.4 is 0 Å². The standard InChI is InChI=1S/C16H26OSi/c1-5-18(6-2,7-3)17-14-15(4)13-16-11-9-8-10-12-16/h8-12,14H,5-7,13H2,1-4H3/b15-14-. The summed E-state index contributed by atoms with van der Waals surface area (Å²) >= 11 is 0. The van der Waals surface area contributed by atoms with Crippen molar-refractivity contribution >= 4 is 8.32 Å². The van der Waals surface area contributed by atoms with Gasteiger partial charge in [0, 0.05) is 0 Å². The van der Waals surface area contributed by atoms with Crippen molar-refractivity contribution in [1.82, 2.24) is 0 Å². The van der Waals surface area contributed by atoms with E-state index in [1.165, 1.54) is 29.3 Å². The molecule has 0 spiro atoms. The quantitative estimate of drug-likeness (QED) is 0.487. The first-order valence-electron chi connectivity index (χ1n) is 7.03. The Hall–Kier alpha value is -1.02. The molecule has 1 aromatic carbocycles. The van der Waals surface area contributed by atoms with Gasteiger partial charge in [-0.2, -0.15) is 0 Å². The van der Waals surface area contributed by atoms with Gasteiger partial charge in [-0.05, 0) is 42.6 Å². The zero-order valence-corrected chi connectivity index (χ0v) is 13.2. The van der Waals surface area contributed by atoms with Gasteiger partial charge in [-0.1, -0.05) is 51.1 Å². The molecule has 1 rings (SSSR count). The number of hydrogen-bond acceptors (Lipinski definition) is 1. The molecule has 0 unspecified atom stereocenters. The van der Waals surface area contributed by atoms with Crippen LogP contribution in [0.5, 0.6) is 0 Å². The molecule has 1 aromatic rings. The Morgan fingerprint density at radius 3 is 2.11 bits per heavy atom. The third-order valence-electron chi connectivity index (χ3n) is 3.77. The number of hydrogen-bond donors (Lipinski definition) is 0. The highest BCUT2D eigenvalue weighted by atomic mass is 28.4. The van der Waals surface area contributed by atoms with E-state index in [-0.39, 0.29) is 0 Å². The summed E-state index contributed by atoms with van der Waals surface area (Å²) in [6.45, 7) is 8.95. The minimum absolute atomic E-state index is 0.989. The largest absolute Gasteiger partial charge is 0.549 e. The monoisotopic (exact) mass is 262 g/mol. The van der Waals surface area contributed by atoms with Gasteiger partial charge in [-0.15, -0.1) is 0 Å². The van der Waals surface area contributed by atoms with Crippen LogP contribution in [-0.4, -0.2) is 8.32 Å². The summed E-state index contributed by atoms with van der Waals surface area (Å²) in [6.07, 6.45) is 3.01. The van der Waals surface area contributed by atoms with Crippen LogP contribution in [0.2, 0.25) is 18.1 Å². The van der Waals surface area contributed by atoms with Crippen molar-refractivity contribution in [2.75, 3.05) is 0 Å². The van der Waals surface area contributed by atoms with E-state index in [9.17, 15) is 0 Å². The van der Waals surface area contributed by atoms with Gasteiger partial charge in [-0.25, -0.2) is 0 Å². The Balaban J connectivity index is 2.61. The van der Waals surface area contributed by atoms with Crippen LogP contribution in [0.4, 0.5) is 0 Å². The molecule has 0 aromatic heterocycles. The van der Waals surface area contributed by atoms with E-state index < -0.39 is 8.32 Å². The van der Waals surface area contributed by atoms with Crippen LogP contribution in [0.1, 0.15) is 33.3 Å². The molecule has 1 nitrogen and oxygen atoms in total. The minimum Gasteiger partial charge on any atom is -0.549 e. The van der Waals surface area contributed by atoms with Gasteiger partial charge >= 0.3 is 0 Å². The lowest BCUT2D eigenvalue weighted by Crippen LogP contribution is -2.33. The van der Waals surface area contributed by atoms with E-state index >= 15 is 0 Å². The fourth-order valence-electron chi connectivity index (χ4n) is 2.19. The Kier molecular flexibility index (Phi) is 6.20. The van der Waals surface area contributed by atoms with Gasteiger partial charge in [0.05, 0.1) is 6.26 Å². The summed E-state index contributed by atoms with van der Waals surface area (Å²) in [5, 5.41) is 0. The average molecular weight is 262 g/mol. The summed E-state index contributed by atoms with van der Waals surface area (Å²) in [4.78, 5) is 0. The maximum Gasteiger partial charge on any atom is 0.249 e. The fraction of sp³-hybridized carbons (Fsp3) is 0.500. The number of rotatable bonds is 7. The highest BCUT2D eigenvalue weighted by molar-refractivity contribution is 6.73. The lowest BCUT2D eigenvalue weighted by molar-refractivity contribution is 0.451. The summed E-state index contributed by atoms with van der Waals surface area (Å²) in [5.41, 5.74) is 2.67. The molecular weight excluding hydrogens is 236 g/mol. The Morgan fingerprint density at radius 2 is 1.61 bits per heavy atom. The van der Waals surface area contributed by atoms with Gasteiger partial charge in [0.2, 0.25) is 8.32 Å². The predicted molar refractivity (Wildman–Crippen MR) is 82.2 cm³/mol. The van der Waals surface area contributed by atoms with Crippen molar-refractivity contribution in [3.8, 4) is 0 Å². The molecule has 18 heavy (non-hydrogen) atoms. The zero-order valence-electron chi connectivity index (χ0n) is 12.2. The van der Waals surface area contributed by atoms with Crippen LogP contribution in [0.15, 0.2) is 42.2 Å². The van der Waals surface area contributed by atoms with Crippen molar-refractivity contribution in [2.45, 2.75) is 52.2 Å². The summed E-state index contributed by atoms with van der Waals surface area (Å²) in [5.74, 6) is 0.